The number of likely N-dealkylation sites (N-methyl/N-ethyl adjacent to an activating group) is 1. The fourth-order valence-corrected chi connectivity index (χ4v) is 3.33. The third kappa shape index (κ3) is 5.93. The van der Waals surface area contributed by atoms with Gasteiger partial charge in [0.05, 0.1) is 5.75 Å². The molecule has 128 valence electrons. The van der Waals surface area contributed by atoms with Gasteiger partial charge < -0.3 is 9.64 Å². The van der Waals surface area contributed by atoms with Gasteiger partial charge >= 0.3 is 5.97 Å². The van der Waals surface area contributed by atoms with Gasteiger partial charge in [-0.3, -0.25) is 9.59 Å². The summed E-state index contributed by atoms with van der Waals surface area (Å²) in [6, 6.07) is 3.82. The van der Waals surface area contributed by atoms with Crippen molar-refractivity contribution < 1.29 is 14.3 Å². The number of ether oxygens (including phenoxy) is 1. The average Bonchev–Trinajstić information content (AvgIpc) is 3.02. The fraction of sp³-hybridized carbons (Fsp3) is 0.375. The molecule has 0 aromatic carbocycles. The minimum Gasteiger partial charge on any atom is -0.455 e. The fourth-order valence-electron chi connectivity index (χ4n) is 1.92. The van der Waals surface area contributed by atoms with Crippen molar-refractivity contribution in [2.75, 3.05) is 19.4 Å². The predicted molar refractivity (Wildman–Crippen MR) is 94.0 cm³/mol. The summed E-state index contributed by atoms with van der Waals surface area (Å²) in [5.74, 6) is -0.619. The van der Waals surface area contributed by atoms with E-state index >= 15 is 0 Å². The molecule has 0 aliphatic rings. The molecule has 0 saturated heterocycles. The first-order valence-electron chi connectivity index (χ1n) is 7.30. The highest BCUT2D eigenvalue weighted by Gasteiger charge is 2.13. The van der Waals surface area contributed by atoms with Crippen LogP contribution in [0.3, 0.4) is 0 Å². The first-order chi connectivity index (χ1) is 11.4. The van der Waals surface area contributed by atoms with E-state index in [1.807, 2.05) is 36.7 Å². The van der Waals surface area contributed by atoms with Crippen LogP contribution in [0, 0.1) is 13.8 Å². The predicted octanol–water partition coefficient (Wildman–Crippen LogP) is 2.45. The van der Waals surface area contributed by atoms with Gasteiger partial charge in [-0.25, -0.2) is 9.97 Å². The molecule has 0 unspecified atom stereocenters. The molecule has 0 fully saturated rings. The normalized spacial score (nSPS) is 10.5. The maximum absolute atomic E-state index is 12.0. The van der Waals surface area contributed by atoms with Crippen molar-refractivity contribution >= 4 is 35.0 Å². The van der Waals surface area contributed by atoms with Gasteiger partial charge in [0.15, 0.2) is 11.8 Å². The molecule has 6 nitrogen and oxygen atoms in total. The number of thiophene rings is 1. The van der Waals surface area contributed by atoms with E-state index in [0.29, 0.717) is 11.7 Å². The zero-order valence-corrected chi connectivity index (χ0v) is 15.4. The van der Waals surface area contributed by atoms with Crippen LogP contribution in [0.5, 0.6) is 0 Å². The Hall–Kier alpha value is -1.93. The minimum atomic E-state index is -0.458. The monoisotopic (exact) mass is 365 g/mol. The van der Waals surface area contributed by atoms with E-state index < -0.39 is 5.97 Å². The highest BCUT2D eigenvalue weighted by atomic mass is 32.2. The first kappa shape index (κ1) is 18.4. The Kier molecular flexibility index (Phi) is 6.74. The molecule has 2 aromatic heterocycles. The van der Waals surface area contributed by atoms with E-state index in [-0.39, 0.29) is 18.3 Å². The second-order valence-electron chi connectivity index (χ2n) is 5.26. The zero-order valence-electron chi connectivity index (χ0n) is 13.8. The Labute approximate surface area is 149 Å². The standard InChI is InChI=1S/C16H19N3O3S2/c1-11-6-12(2)18-16(17-11)24-10-15(21)22-8-14(20)19(3)7-13-4-5-23-9-13/h4-6,9H,7-8,10H2,1-3H3. The van der Waals surface area contributed by atoms with Crippen LogP contribution in [0.15, 0.2) is 28.0 Å². The topological polar surface area (TPSA) is 72.4 Å². The van der Waals surface area contributed by atoms with E-state index in [1.165, 1.54) is 16.7 Å². The van der Waals surface area contributed by atoms with Crippen molar-refractivity contribution in [1.82, 2.24) is 14.9 Å². The molecule has 0 aliphatic carbocycles. The SMILES string of the molecule is Cc1cc(C)nc(SCC(=O)OCC(=O)N(C)Cc2ccsc2)n1. The second kappa shape index (κ2) is 8.79. The lowest BCUT2D eigenvalue weighted by molar-refractivity contribution is -0.149. The lowest BCUT2D eigenvalue weighted by atomic mass is 10.3. The van der Waals surface area contributed by atoms with Crippen LogP contribution in [-0.4, -0.2) is 46.2 Å². The van der Waals surface area contributed by atoms with E-state index in [0.717, 1.165) is 17.0 Å². The van der Waals surface area contributed by atoms with Crippen LogP contribution < -0.4 is 0 Å². The molecule has 0 radical (unpaired) electrons. The second-order valence-corrected chi connectivity index (χ2v) is 6.99. The molecule has 2 heterocycles. The maximum Gasteiger partial charge on any atom is 0.316 e. The molecule has 24 heavy (non-hydrogen) atoms. The average molecular weight is 365 g/mol. The molecule has 2 rings (SSSR count). The van der Waals surface area contributed by atoms with Crippen LogP contribution in [0.2, 0.25) is 0 Å². The Bertz CT molecular complexity index is 684. The van der Waals surface area contributed by atoms with Gasteiger partial charge in [-0.05, 0) is 42.3 Å². The van der Waals surface area contributed by atoms with Crippen molar-refractivity contribution in [2.24, 2.45) is 0 Å². The van der Waals surface area contributed by atoms with E-state index in [4.69, 9.17) is 4.74 Å². The molecule has 0 aliphatic heterocycles. The number of rotatable bonds is 7. The summed E-state index contributed by atoms with van der Waals surface area (Å²) < 4.78 is 5.02. The summed E-state index contributed by atoms with van der Waals surface area (Å²) in [5, 5.41) is 4.47. The minimum absolute atomic E-state index is 0.0738. The Morgan fingerprint density at radius 1 is 1.29 bits per heavy atom. The van der Waals surface area contributed by atoms with Crippen molar-refractivity contribution in [3.05, 3.63) is 39.8 Å². The molecule has 0 atom stereocenters. The number of esters is 1. The quantitative estimate of drug-likeness (QED) is 0.426. The third-order valence-electron chi connectivity index (χ3n) is 3.06. The van der Waals surface area contributed by atoms with Crippen LogP contribution >= 0.6 is 23.1 Å². The van der Waals surface area contributed by atoms with Gasteiger partial charge in [0.2, 0.25) is 0 Å². The van der Waals surface area contributed by atoms with Crippen LogP contribution in [-0.2, 0) is 20.9 Å². The smallest absolute Gasteiger partial charge is 0.316 e. The number of thioether (sulfide) groups is 1. The molecule has 0 spiro atoms. The molecular formula is C16H19N3O3S2. The maximum atomic E-state index is 12.0. The summed E-state index contributed by atoms with van der Waals surface area (Å²) >= 11 is 2.78. The number of aromatic nitrogens is 2. The lowest BCUT2D eigenvalue weighted by Gasteiger charge is -2.16. The summed E-state index contributed by atoms with van der Waals surface area (Å²) in [6.07, 6.45) is 0. The highest BCUT2D eigenvalue weighted by Crippen LogP contribution is 2.14. The van der Waals surface area contributed by atoms with Gasteiger partial charge in [0, 0.05) is 25.0 Å². The number of nitrogens with zero attached hydrogens (tertiary/aromatic N) is 3. The van der Waals surface area contributed by atoms with Crippen LogP contribution in [0.25, 0.3) is 0 Å². The lowest BCUT2D eigenvalue weighted by Crippen LogP contribution is -2.31. The zero-order chi connectivity index (χ0) is 17.5. The van der Waals surface area contributed by atoms with Gasteiger partial charge in [0.25, 0.3) is 5.91 Å². The first-order valence-corrected chi connectivity index (χ1v) is 9.22. The summed E-state index contributed by atoms with van der Waals surface area (Å²) in [4.78, 5) is 33.7. The van der Waals surface area contributed by atoms with Crippen LogP contribution in [0.4, 0.5) is 0 Å². The number of aryl methyl sites for hydroxylation is 2. The summed E-state index contributed by atoms with van der Waals surface area (Å²) in [6.45, 7) is 4.00. The molecule has 1 amide bonds. The summed E-state index contributed by atoms with van der Waals surface area (Å²) in [5.41, 5.74) is 2.76. The van der Waals surface area contributed by atoms with Crippen molar-refractivity contribution in [1.29, 1.82) is 0 Å². The molecule has 0 bridgehead atoms. The van der Waals surface area contributed by atoms with Gasteiger partial charge in [-0.1, -0.05) is 11.8 Å². The molecule has 8 heteroatoms. The van der Waals surface area contributed by atoms with Crippen LogP contribution in [0.1, 0.15) is 17.0 Å². The van der Waals surface area contributed by atoms with E-state index in [9.17, 15) is 9.59 Å². The number of carbonyl (C=O) groups is 2. The highest BCUT2D eigenvalue weighted by molar-refractivity contribution is 7.99. The summed E-state index contributed by atoms with van der Waals surface area (Å²) in [7, 11) is 1.69. The van der Waals surface area contributed by atoms with Gasteiger partial charge in [0.1, 0.15) is 0 Å². The molecule has 2 aromatic rings. The molecule has 0 N–H and O–H groups in total. The van der Waals surface area contributed by atoms with Gasteiger partial charge in [-0.2, -0.15) is 11.3 Å². The Morgan fingerprint density at radius 2 is 2.00 bits per heavy atom. The largest absolute Gasteiger partial charge is 0.455 e. The Morgan fingerprint density at radius 3 is 2.62 bits per heavy atom. The Balaban J connectivity index is 1.73. The van der Waals surface area contributed by atoms with E-state index in [1.54, 1.807) is 18.4 Å². The van der Waals surface area contributed by atoms with Crippen molar-refractivity contribution in [3.63, 3.8) is 0 Å². The third-order valence-corrected chi connectivity index (χ3v) is 4.62. The number of hydrogen-bond donors (Lipinski definition) is 0. The number of hydrogen-bond acceptors (Lipinski definition) is 7. The van der Waals surface area contributed by atoms with Crippen molar-refractivity contribution in [2.45, 2.75) is 25.5 Å². The molecular weight excluding hydrogens is 346 g/mol. The van der Waals surface area contributed by atoms with E-state index in [2.05, 4.69) is 9.97 Å². The molecule has 0 saturated carbocycles. The van der Waals surface area contributed by atoms with Gasteiger partial charge in [-0.15, -0.1) is 0 Å². The van der Waals surface area contributed by atoms with Crippen molar-refractivity contribution in [3.8, 4) is 0 Å². The number of amides is 1. The number of carbonyl (C=O) groups excluding carboxylic acids is 2.